The van der Waals surface area contributed by atoms with Gasteiger partial charge in [0.2, 0.25) is 5.91 Å². The first-order valence-electron chi connectivity index (χ1n) is 8.25. The first kappa shape index (κ1) is 16.5. The third kappa shape index (κ3) is 9.04. The molecule has 1 aliphatic rings. The summed E-state index contributed by atoms with van der Waals surface area (Å²) in [5.41, 5.74) is 0. The summed E-state index contributed by atoms with van der Waals surface area (Å²) in [6.07, 6.45) is 13.6. The number of carbonyl (C=O) groups excluding carboxylic acids is 1. The fourth-order valence-corrected chi connectivity index (χ4v) is 2.65. The lowest BCUT2D eigenvalue weighted by atomic mass is 10.1. The van der Waals surface area contributed by atoms with Gasteiger partial charge in [0, 0.05) is 20.0 Å². The zero-order valence-corrected chi connectivity index (χ0v) is 12.8. The van der Waals surface area contributed by atoms with E-state index in [-0.39, 0.29) is 0 Å². The van der Waals surface area contributed by atoms with Crippen molar-refractivity contribution in [2.45, 2.75) is 70.6 Å². The van der Waals surface area contributed by atoms with E-state index in [0.717, 1.165) is 38.9 Å². The molecule has 0 spiro atoms. The SMILES string of the molecule is CN1CCCNCCCCCCCCCCCC1=O. The molecule has 0 radical (unpaired) electrons. The third-order valence-electron chi connectivity index (χ3n) is 4.02. The van der Waals surface area contributed by atoms with Gasteiger partial charge in [-0.25, -0.2) is 0 Å². The van der Waals surface area contributed by atoms with Gasteiger partial charge in [-0.3, -0.25) is 4.79 Å². The summed E-state index contributed by atoms with van der Waals surface area (Å²) in [7, 11) is 1.94. The fraction of sp³-hybridized carbons (Fsp3) is 0.938. The Morgan fingerprint density at radius 2 is 1.32 bits per heavy atom. The largest absolute Gasteiger partial charge is 0.346 e. The molecular formula is C16H32N2O. The zero-order chi connectivity index (χ0) is 13.8. The lowest BCUT2D eigenvalue weighted by molar-refractivity contribution is -0.130. The third-order valence-corrected chi connectivity index (χ3v) is 4.02. The van der Waals surface area contributed by atoms with Crippen LogP contribution in [0.5, 0.6) is 0 Å². The molecule has 1 saturated heterocycles. The molecule has 1 fully saturated rings. The van der Waals surface area contributed by atoms with Crippen molar-refractivity contribution >= 4 is 5.91 Å². The van der Waals surface area contributed by atoms with Gasteiger partial charge in [0.05, 0.1) is 0 Å². The molecule has 0 aromatic rings. The van der Waals surface area contributed by atoms with Crippen LogP contribution < -0.4 is 5.32 Å². The number of rotatable bonds is 0. The Morgan fingerprint density at radius 3 is 2.00 bits per heavy atom. The van der Waals surface area contributed by atoms with Crippen LogP contribution >= 0.6 is 0 Å². The fourth-order valence-electron chi connectivity index (χ4n) is 2.65. The van der Waals surface area contributed by atoms with Crippen LogP contribution in [-0.4, -0.2) is 37.5 Å². The van der Waals surface area contributed by atoms with Gasteiger partial charge in [-0.2, -0.15) is 0 Å². The molecule has 0 aliphatic carbocycles. The second kappa shape index (κ2) is 11.3. The van der Waals surface area contributed by atoms with E-state index in [0.29, 0.717) is 5.91 Å². The molecule has 0 unspecified atom stereocenters. The van der Waals surface area contributed by atoms with E-state index >= 15 is 0 Å². The maximum atomic E-state index is 11.9. The van der Waals surface area contributed by atoms with Gasteiger partial charge < -0.3 is 10.2 Å². The molecule has 1 amide bonds. The molecule has 112 valence electrons. The molecule has 0 saturated carbocycles. The Hall–Kier alpha value is -0.570. The highest BCUT2D eigenvalue weighted by molar-refractivity contribution is 5.75. The van der Waals surface area contributed by atoms with Crippen LogP contribution in [0, 0.1) is 0 Å². The van der Waals surface area contributed by atoms with E-state index in [9.17, 15) is 4.79 Å². The van der Waals surface area contributed by atoms with E-state index < -0.39 is 0 Å². The van der Waals surface area contributed by atoms with Gasteiger partial charge in [-0.15, -0.1) is 0 Å². The van der Waals surface area contributed by atoms with Gasteiger partial charge >= 0.3 is 0 Å². The van der Waals surface area contributed by atoms with Crippen molar-refractivity contribution < 1.29 is 4.79 Å². The van der Waals surface area contributed by atoms with Crippen LogP contribution in [0.4, 0.5) is 0 Å². The van der Waals surface area contributed by atoms with Gasteiger partial charge in [-0.05, 0) is 32.4 Å². The minimum atomic E-state index is 0.323. The Balaban J connectivity index is 2.21. The second-order valence-electron chi connectivity index (χ2n) is 5.85. The maximum absolute atomic E-state index is 11.9. The predicted octanol–water partition coefficient (Wildman–Crippen LogP) is 3.34. The number of hydrogen-bond acceptors (Lipinski definition) is 2. The summed E-state index contributed by atoms with van der Waals surface area (Å²) < 4.78 is 0. The lowest BCUT2D eigenvalue weighted by Crippen LogP contribution is -2.29. The molecule has 0 aromatic heterocycles. The number of amides is 1. The van der Waals surface area contributed by atoms with E-state index in [4.69, 9.17) is 0 Å². The van der Waals surface area contributed by atoms with Crippen molar-refractivity contribution in [3.05, 3.63) is 0 Å². The van der Waals surface area contributed by atoms with Gasteiger partial charge in [0.1, 0.15) is 0 Å². The molecule has 1 N–H and O–H groups in total. The highest BCUT2D eigenvalue weighted by Crippen LogP contribution is 2.11. The summed E-state index contributed by atoms with van der Waals surface area (Å²) in [4.78, 5) is 13.8. The highest BCUT2D eigenvalue weighted by Gasteiger charge is 2.07. The molecule has 0 atom stereocenters. The average molecular weight is 268 g/mol. The van der Waals surface area contributed by atoms with Crippen LogP contribution in [0.2, 0.25) is 0 Å². The van der Waals surface area contributed by atoms with Crippen molar-refractivity contribution in [1.82, 2.24) is 10.2 Å². The van der Waals surface area contributed by atoms with E-state index in [1.807, 2.05) is 11.9 Å². The summed E-state index contributed by atoms with van der Waals surface area (Å²) in [5.74, 6) is 0.323. The smallest absolute Gasteiger partial charge is 0.222 e. The molecular weight excluding hydrogens is 236 g/mol. The topological polar surface area (TPSA) is 32.3 Å². The van der Waals surface area contributed by atoms with Gasteiger partial charge in [-0.1, -0.05) is 44.9 Å². The molecule has 0 aromatic carbocycles. The van der Waals surface area contributed by atoms with Crippen molar-refractivity contribution in [3.63, 3.8) is 0 Å². The molecule has 1 rings (SSSR count). The maximum Gasteiger partial charge on any atom is 0.222 e. The van der Waals surface area contributed by atoms with Crippen LogP contribution in [-0.2, 0) is 4.79 Å². The van der Waals surface area contributed by atoms with Crippen LogP contribution in [0.3, 0.4) is 0 Å². The quantitative estimate of drug-likeness (QED) is 0.731. The second-order valence-corrected chi connectivity index (χ2v) is 5.85. The first-order chi connectivity index (χ1) is 9.30. The molecule has 3 nitrogen and oxygen atoms in total. The Kier molecular flexibility index (Phi) is 9.78. The average Bonchev–Trinajstić information content (AvgIpc) is 2.41. The molecule has 0 bridgehead atoms. The van der Waals surface area contributed by atoms with Crippen molar-refractivity contribution in [1.29, 1.82) is 0 Å². The van der Waals surface area contributed by atoms with Crippen molar-refractivity contribution in [2.75, 3.05) is 26.7 Å². The van der Waals surface area contributed by atoms with E-state index in [2.05, 4.69) is 5.32 Å². The van der Waals surface area contributed by atoms with Crippen LogP contribution in [0.25, 0.3) is 0 Å². The minimum absolute atomic E-state index is 0.323. The van der Waals surface area contributed by atoms with Crippen molar-refractivity contribution in [2.24, 2.45) is 0 Å². The Bertz CT molecular complexity index is 231. The number of nitrogens with one attached hydrogen (secondary N) is 1. The number of nitrogens with zero attached hydrogens (tertiary/aromatic N) is 1. The minimum Gasteiger partial charge on any atom is -0.346 e. The summed E-state index contributed by atoms with van der Waals surface area (Å²) in [6, 6.07) is 0. The van der Waals surface area contributed by atoms with Gasteiger partial charge in [0.15, 0.2) is 0 Å². The van der Waals surface area contributed by atoms with E-state index in [1.165, 1.54) is 51.4 Å². The summed E-state index contributed by atoms with van der Waals surface area (Å²) >= 11 is 0. The van der Waals surface area contributed by atoms with Crippen LogP contribution in [0.1, 0.15) is 70.6 Å². The molecule has 3 heteroatoms. The monoisotopic (exact) mass is 268 g/mol. The summed E-state index contributed by atoms with van der Waals surface area (Å²) in [5, 5.41) is 3.48. The number of carbonyl (C=O) groups is 1. The predicted molar refractivity (Wildman–Crippen MR) is 81.3 cm³/mol. The lowest BCUT2D eigenvalue weighted by Gasteiger charge is -2.17. The molecule has 1 heterocycles. The first-order valence-corrected chi connectivity index (χ1v) is 8.25. The highest BCUT2D eigenvalue weighted by atomic mass is 16.2. The standard InChI is InChI=1S/C16H32N2O/c1-18-15-11-14-17-13-10-8-6-4-2-3-5-7-9-12-16(18)19/h17H,2-15H2,1H3. The van der Waals surface area contributed by atoms with Gasteiger partial charge in [0.25, 0.3) is 0 Å². The molecule has 1 aliphatic heterocycles. The Labute approximate surface area is 119 Å². The van der Waals surface area contributed by atoms with E-state index in [1.54, 1.807) is 0 Å². The molecule has 19 heavy (non-hydrogen) atoms. The zero-order valence-electron chi connectivity index (χ0n) is 12.8. The normalized spacial score (nSPS) is 23.0. The van der Waals surface area contributed by atoms with Crippen LogP contribution in [0.15, 0.2) is 0 Å². The Morgan fingerprint density at radius 1 is 0.789 bits per heavy atom. The number of hydrogen-bond donors (Lipinski definition) is 1. The summed E-state index contributed by atoms with van der Waals surface area (Å²) in [6.45, 7) is 3.07. The van der Waals surface area contributed by atoms with Crippen molar-refractivity contribution in [3.8, 4) is 0 Å².